The summed E-state index contributed by atoms with van der Waals surface area (Å²) < 4.78 is 26.2. The van der Waals surface area contributed by atoms with E-state index < -0.39 is 11.6 Å². The number of allylic oxidation sites excluding steroid dienone is 1. The summed E-state index contributed by atoms with van der Waals surface area (Å²) in [5.74, 6) is -1.65. The maximum Gasteiger partial charge on any atom is 0.159 e. The fourth-order valence-corrected chi connectivity index (χ4v) is 2.45. The van der Waals surface area contributed by atoms with E-state index in [0.717, 1.165) is 29.2 Å². The van der Waals surface area contributed by atoms with Crippen molar-refractivity contribution in [3.05, 3.63) is 75.8 Å². The minimum absolute atomic E-state index is 0.689. The Morgan fingerprint density at radius 1 is 0.944 bits per heavy atom. The maximum atomic E-state index is 13.2. The Morgan fingerprint density at radius 2 is 1.78 bits per heavy atom. The van der Waals surface area contributed by atoms with E-state index in [-0.39, 0.29) is 0 Å². The molecular formula is C15H9ClF2. The molecule has 1 aliphatic carbocycles. The molecule has 0 aromatic heterocycles. The highest BCUT2D eigenvalue weighted by Gasteiger charge is 2.16. The van der Waals surface area contributed by atoms with Gasteiger partial charge in [-0.2, -0.15) is 0 Å². The summed E-state index contributed by atoms with van der Waals surface area (Å²) in [5.41, 5.74) is 3.77. The lowest BCUT2D eigenvalue weighted by Crippen LogP contribution is -1.90. The van der Waals surface area contributed by atoms with Gasteiger partial charge in [-0.05, 0) is 52.9 Å². The van der Waals surface area contributed by atoms with Crippen molar-refractivity contribution in [3.8, 4) is 0 Å². The molecule has 0 unspecified atom stereocenters. The van der Waals surface area contributed by atoms with Gasteiger partial charge in [0.2, 0.25) is 0 Å². The first-order valence-corrected chi connectivity index (χ1v) is 5.97. The zero-order chi connectivity index (χ0) is 12.7. The van der Waals surface area contributed by atoms with E-state index in [4.69, 9.17) is 11.6 Å². The largest absolute Gasteiger partial charge is 0.204 e. The standard InChI is InChI=1S/C15H9ClF2/c16-11-3-5-13-9(7-11)1-4-12(13)10-2-6-14(17)15(18)8-10/h2-8H,1H2. The van der Waals surface area contributed by atoms with Crippen molar-refractivity contribution in [2.45, 2.75) is 6.42 Å². The molecule has 2 aromatic rings. The average Bonchev–Trinajstić information content (AvgIpc) is 2.75. The quantitative estimate of drug-likeness (QED) is 0.704. The Bertz CT molecular complexity index is 660. The molecule has 0 N–H and O–H groups in total. The molecule has 0 nitrogen and oxygen atoms in total. The molecule has 0 bridgehead atoms. The molecule has 1 aliphatic rings. The number of hydrogen-bond donors (Lipinski definition) is 0. The summed E-state index contributed by atoms with van der Waals surface area (Å²) in [6, 6.07) is 9.59. The van der Waals surface area contributed by atoms with Gasteiger partial charge in [0.25, 0.3) is 0 Å². The highest BCUT2D eigenvalue weighted by atomic mass is 35.5. The third kappa shape index (κ3) is 1.83. The van der Waals surface area contributed by atoms with Gasteiger partial charge >= 0.3 is 0 Å². The minimum atomic E-state index is -0.825. The van der Waals surface area contributed by atoms with Gasteiger partial charge in [0, 0.05) is 5.02 Å². The van der Waals surface area contributed by atoms with Crippen LogP contribution in [0.2, 0.25) is 5.02 Å². The van der Waals surface area contributed by atoms with Gasteiger partial charge in [-0.1, -0.05) is 29.8 Å². The van der Waals surface area contributed by atoms with Gasteiger partial charge in [-0.25, -0.2) is 8.78 Å². The summed E-state index contributed by atoms with van der Waals surface area (Å²) in [5, 5.41) is 0.689. The molecule has 3 heteroatoms. The van der Waals surface area contributed by atoms with E-state index in [1.54, 1.807) is 12.1 Å². The number of halogens is 3. The van der Waals surface area contributed by atoms with E-state index in [2.05, 4.69) is 0 Å². The SMILES string of the molecule is Fc1ccc(C2=CCc3cc(Cl)ccc32)cc1F. The van der Waals surface area contributed by atoms with E-state index in [0.29, 0.717) is 10.6 Å². The molecule has 0 fully saturated rings. The molecule has 0 spiro atoms. The third-order valence-electron chi connectivity index (χ3n) is 3.11. The van der Waals surface area contributed by atoms with Gasteiger partial charge in [-0.15, -0.1) is 0 Å². The molecule has 90 valence electrons. The predicted molar refractivity (Wildman–Crippen MR) is 68.6 cm³/mol. The monoisotopic (exact) mass is 262 g/mol. The Kier molecular flexibility index (Phi) is 2.67. The van der Waals surface area contributed by atoms with Gasteiger partial charge in [0.1, 0.15) is 0 Å². The summed E-state index contributed by atoms with van der Waals surface area (Å²) in [7, 11) is 0. The van der Waals surface area contributed by atoms with Crippen molar-refractivity contribution in [3.63, 3.8) is 0 Å². The van der Waals surface area contributed by atoms with Crippen molar-refractivity contribution < 1.29 is 8.78 Å². The van der Waals surface area contributed by atoms with Crippen LogP contribution in [-0.4, -0.2) is 0 Å². The first-order chi connectivity index (χ1) is 8.65. The normalized spacial score (nSPS) is 13.4. The van der Waals surface area contributed by atoms with Crippen LogP contribution in [0.15, 0.2) is 42.5 Å². The fraction of sp³-hybridized carbons (Fsp3) is 0.0667. The Hall–Kier alpha value is -1.67. The highest BCUT2D eigenvalue weighted by Crippen LogP contribution is 2.34. The van der Waals surface area contributed by atoms with E-state index >= 15 is 0 Å². The maximum absolute atomic E-state index is 13.2. The molecule has 0 radical (unpaired) electrons. The lowest BCUT2D eigenvalue weighted by atomic mass is 9.99. The summed E-state index contributed by atoms with van der Waals surface area (Å²) in [6.45, 7) is 0. The predicted octanol–water partition coefficient (Wildman–Crippen LogP) is 4.61. The summed E-state index contributed by atoms with van der Waals surface area (Å²) in [4.78, 5) is 0. The third-order valence-corrected chi connectivity index (χ3v) is 3.35. The average molecular weight is 263 g/mol. The minimum Gasteiger partial charge on any atom is -0.204 e. The molecule has 0 saturated heterocycles. The molecule has 0 atom stereocenters. The van der Waals surface area contributed by atoms with E-state index in [1.165, 1.54) is 6.07 Å². The van der Waals surface area contributed by atoms with Crippen LogP contribution in [0.4, 0.5) is 8.78 Å². The summed E-state index contributed by atoms with van der Waals surface area (Å²) in [6.07, 6.45) is 2.78. The van der Waals surface area contributed by atoms with Gasteiger partial charge in [0.05, 0.1) is 0 Å². The van der Waals surface area contributed by atoms with Crippen LogP contribution in [0.25, 0.3) is 5.57 Å². The molecule has 0 heterocycles. The Morgan fingerprint density at radius 3 is 2.56 bits per heavy atom. The van der Waals surface area contributed by atoms with Crippen molar-refractivity contribution in [2.24, 2.45) is 0 Å². The summed E-state index contributed by atoms with van der Waals surface area (Å²) >= 11 is 5.93. The Balaban J connectivity index is 2.08. The lowest BCUT2D eigenvalue weighted by molar-refractivity contribution is 0.508. The van der Waals surface area contributed by atoms with Crippen LogP contribution < -0.4 is 0 Å². The van der Waals surface area contributed by atoms with Crippen molar-refractivity contribution in [1.29, 1.82) is 0 Å². The van der Waals surface area contributed by atoms with Crippen LogP contribution in [0, 0.1) is 11.6 Å². The van der Waals surface area contributed by atoms with Gasteiger partial charge < -0.3 is 0 Å². The van der Waals surface area contributed by atoms with Crippen LogP contribution in [0.3, 0.4) is 0 Å². The molecule has 0 aliphatic heterocycles. The van der Waals surface area contributed by atoms with Crippen molar-refractivity contribution in [2.75, 3.05) is 0 Å². The number of rotatable bonds is 1. The highest BCUT2D eigenvalue weighted by molar-refractivity contribution is 6.30. The van der Waals surface area contributed by atoms with Crippen molar-refractivity contribution in [1.82, 2.24) is 0 Å². The van der Waals surface area contributed by atoms with Gasteiger partial charge in [-0.3, -0.25) is 0 Å². The van der Waals surface area contributed by atoms with Crippen LogP contribution in [-0.2, 0) is 6.42 Å². The smallest absolute Gasteiger partial charge is 0.159 e. The molecule has 3 rings (SSSR count). The van der Waals surface area contributed by atoms with Crippen LogP contribution >= 0.6 is 11.6 Å². The zero-order valence-electron chi connectivity index (χ0n) is 9.38. The number of fused-ring (bicyclic) bond motifs is 1. The zero-order valence-corrected chi connectivity index (χ0v) is 10.1. The first kappa shape index (κ1) is 11.4. The molecule has 0 saturated carbocycles. The molecule has 18 heavy (non-hydrogen) atoms. The van der Waals surface area contributed by atoms with Crippen LogP contribution in [0.1, 0.15) is 16.7 Å². The fourth-order valence-electron chi connectivity index (χ4n) is 2.25. The number of hydrogen-bond acceptors (Lipinski definition) is 0. The Labute approximate surface area is 109 Å². The second-order valence-corrected chi connectivity index (χ2v) is 4.69. The van der Waals surface area contributed by atoms with Crippen molar-refractivity contribution >= 4 is 17.2 Å². The second-order valence-electron chi connectivity index (χ2n) is 4.25. The topological polar surface area (TPSA) is 0 Å². The second kappa shape index (κ2) is 4.21. The van der Waals surface area contributed by atoms with Gasteiger partial charge in [0.15, 0.2) is 11.6 Å². The molecule has 0 amide bonds. The lowest BCUT2D eigenvalue weighted by Gasteiger charge is -2.07. The first-order valence-electron chi connectivity index (χ1n) is 5.59. The van der Waals surface area contributed by atoms with E-state index in [1.807, 2.05) is 18.2 Å². The molecular weight excluding hydrogens is 254 g/mol. The van der Waals surface area contributed by atoms with Crippen LogP contribution in [0.5, 0.6) is 0 Å². The number of benzene rings is 2. The molecule has 2 aromatic carbocycles. The van der Waals surface area contributed by atoms with E-state index in [9.17, 15) is 8.78 Å².